The highest BCUT2D eigenvalue weighted by Gasteiger charge is 2.22. The number of hydrogen-bond donors (Lipinski definition) is 0. The molecule has 2 rings (SSSR count). The molecule has 1 aliphatic rings. The maximum Gasteiger partial charge on any atom is 0.140 e. The van der Waals surface area contributed by atoms with E-state index in [0.717, 1.165) is 38.1 Å². The quantitative estimate of drug-likeness (QED) is 0.757. The number of aromatic nitrogens is 3. The second-order valence-corrected chi connectivity index (χ2v) is 4.48. The van der Waals surface area contributed by atoms with Crippen molar-refractivity contribution in [3.63, 3.8) is 0 Å². The van der Waals surface area contributed by atoms with Gasteiger partial charge in [-0.15, -0.1) is 0 Å². The van der Waals surface area contributed by atoms with Crippen LogP contribution in [0.1, 0.15) is 31.5 Å². The van der Waals surface area contributed by atoms with Gasteiger partial charge >= 0.3 is 0 Å². The normalized spacial score (nSPS) is 18.3. The van der Waals surface area contributed by atoms with E-state index < -0.39 is 0 Å². The van der Waals surface area contributed by atoms with Crippen molar-refractivity contribution in [2.75, 3.05) is 7.05 Å². The van der Waals surface area contributed by atoms with Crippen LogP contribution in [0.2, 0.25) is 0 Å². The molecular weight excluding hydrogens is 204 g/mol. The van der Waals surface area contributed by atoms with E-state index in [1.165, 1.54) is 0 Å². The Morgan fingerprint density at radius 2 is 2.19 bits per heavy atom. The zero-order chi connectivity index (χ0) is 11.5. The van der Waals surface area contributed by atoms with Crippen LogP contribution in [0, 0.1) is 0 Å². The van der Waals surface area contributed by atoms with Crippen molar-refractivity contribution < 1.29 is 4.79 Å². The fourth-order valence-corrected chi connectivity index (χ4v) is 2.18. The van der Waals surface area contributed by atoms with Crippen molar-refractivity contribution in [1.29, 1.82) is 0 Å². The molecule has 0 spiro atoms. The fourth-order valence-electron chi connectivity index (χ4n) is 2.18. The van der Waals surface area contributed by atoms with Gasteiger partial charge in [-0.3, -0.25) is 14.4 Å². The molecule has 0 saturated heterocycles. The lowest BCUT2D eigenvalue weighted by molar-refractivity contribution is -0.121. The van der Waals surface area contributed by atoms with Crippen LogP contribution in [0.15, 0.2) is 6.33 Å². The predicted molar refractivity (Wildman–Crippen MR) is 59.7 cm³/mol. The predicted octanol–water partition coefficient (Wildman–Crippen LogP) is 0.759. The number of carbonyl (C=O) groups is 1. The molecule has 1 saturated carbocycles. The minimum atomic E-state index is 0.406. The average molecular weight is 222 g/mol. The molecule has 0 atom stereocenters. The molecule has 1 aliphatic carbocycles. The topological polar surface area (TPSA) is 51.0 Å². The standard InChI is InChI=1S/C11H18N4O/c1-14(7-11-12-8-13-15(11)2)9-3-5-10(16)6-4-9/h8-9H,3-7H2,1-2H3. The Morgan fingerprint density at radius 1 is 1.50 bits per heavy atom. The number of ketones is 1. The van der Waals surface area contributed by atoms with Crippen LogP contribution >= 0.6 is 0 Å². The summed E-state index contributed by atoms with van der Waals surface area (Å²) >= 11 is 0. The summed E-state index contributed by atoms with van der Waals surface area (Å²) in [5.41, 5.74) is 0. The van der Waals surface area contributed by atoms with E-state index >= 15 is 0 Å². The zero-order valence-corrected chi connectivity index (χ0v) is 9.89. The van der Waals surface area contributed by atoms with Gasteiger partial charge in [0.05, 0.1) is 6.54 Å². The van der Waals surface area contributed by atoms with Gasteiger partial charge in [0.25, 0.3) is 0 Å². The summed E-state index contributed by atoms with van der Waals surface area (Å²) in [5.74, 6) is 1.38. The molecular formula is C11H18N4O. The third-order valence-corrected chi connectivity index (χ3v) is 3.33. The van der Waals surface area contributed by atoms with Crippen LogP contribution in [0.5, 0.6) is 0 Å². The Bertz CT molecular complexity index is 364. The minimum absolute atomic E-state index is 0.406. The first-order valence-corrected chi connectivity index (χ1v) is 5.71. The van der Waals surface area contributed by atoms with E-state index in [1.807, 2.05) is 7.05 Å². The number of rotatable bonds is 3. The third-order valence-electron chi connectivity index (χ3n) is 3.33. The summed E-state index contributed by atoms with van der Waals surface area (Å²) in [4.78, 5) is 17.6. The van der Waals surface area contributed by atoms with Gasteiger partial charge in [-0.05, 0) is 19.9 Å². The number of hydrogen-bond acceptors (Lipinski definition) is 4. The van der Waals surface area contributed by atoms with Gasteiger partial charge in [0, 0.05) is 25.9 Å². The smallest absolute Gasteiger partial charge is 0.140 e. The number of nitrogens with zero attached hydrogens (tertiary/aromatic N) is 4. The van der Waals surface area contributed by atoms with Crippen molar-refractivity contribution >= 4 is 5.78 Å². The van der Waals surface area contributed by atoms with Crippen molar-refractivity contribution in [3.05, 3.63) is 12.2 Å². The monoisotopic (exact) mass is 222 g/mol. The fraction of sp³-hybridized carbons (Fsp3) is 0.727. The van der Waals surface area contributed by atoms with E-state index in [1.54, 1.807) is 11.0 Å². The molecule has 0 amide bonds. The van der Waals surface area contributed by atoms with E-state index in [4.69, 9.17) is 0 Å². The second-order valence-electron chi connectivity index (χ2n) is 4.48. The van der Waals surface area contributed by atoms with Gasteiger partial charge in [0.15, 0.2) is 0 Å². The van der Waals surface area contributed by atoms with Gasteiger partial charge in [0.1, 0.15) is 17.9 Å². The van der Waals surface area contributed by atoms with Crippen LogP contribution in [0.25, 0.3) is 0 Å². The molecule has 16 heavy (non-hydrogen) atoms. The van der Waals surface area contributed by atoms with Crippen LogP contribution in [0.4, 0.5) is 0 Å². The maximum absolute atomic E-state index is 11.2. The molecule has 0 unspecified atom stereocenters. The molecule has 5 heteroatoms. The van der Waals surface area contributed by atoms with Crippen molar-refractivity contribution in [3.8, 4) is 0 Å². The summed E-state index contributed by atoms with van der Waals surface area (Å²) in [7, 11) is 4.00. The highest BCUT2D eigenvalue weighted by atomic mass is 16.1. The Balaban J connectivity index is 1.91. The van der Waals surface area contributed by atoms with Gasteiger partial charge in [-0.1, -0.05) is 0 Å². The first-order chi connectivity index (χ1) is 7.66. The summed E-state index contributed by atoms with van der Waals surface area (Å²) in [6, 6.07) is 0.509. The first kappa shape index (κ1) is 11.3. The summed E-state index contributed by atoms with van der Waals surface area (Å²) < 4.78 is 1.80. The molecule has 0 aliphatic heterocycles. The average Bonchev–Trinajstić information content (AvgIpc) is 2.65. The lowest BCUT2D eigenvalue weighted by Crippen LogP contribution is -2.35. The van der Waals surface area contributed by atoms with Gasteiger partial charge in [-0.25, -0.2) is 4.98 Å². The molecule has 0 aromatic carbocycles. The Morgan fingerprint density at radius 3 is 2.75 bits per heavy atom. The second kappa shape index (κ2) is 4.74. The van der Waals surface area contributed by atoms with Crippen LogP contribution in [-0.2, 0) is 18.4 Å². The molecule has 1 aromatic heterocycles. The summed E-state index contributed by atoms with van der Waals surface area (Å²) in [5, 5.41) is 4.05. The Labute approximate surface area is 95.5 Å². The summed E-state index contributed by atoms with van der Waals surface area (Å²) in [6.45, 7) is 0.801. The molecule has 88 valence electrons. The van der Waals surface area contributed by atoms with Crippen LogP contribution in [0.3, 0.4) is 0 Å². The number of aryl methyl sites for hydroxylation is 1. The molecule has 0 N–H and O–H groups in total. The van der Waals surface area contributed by atoms with Gasteiger partial charge < -0.3 is 0 Å². The summed E-state index contributed by atoms with van der Waals surface area (Å²) in [6.07, 6.45) is 5.00. The molecule has 1 fully saturated rings. The van der Waals surface area contributed by atoms with Crippen LogP contribution in [-0.4, -0.2) is 38.5 Å². The van der Waals surface area contributed by atoms with Crippen LogP contribution < -0.4 is 0 Å². The maximum atomic E-state index is 11.2. The largest absolute Gasteiger partial charge is 0.300 e. The molecule has 1 aromatic rings. The van der Waals surface area contributed by atoms with Gasteiger partial charge in [-0.2, -0.15) is 5.10 Å². The SMILES string of the molecule is CN(Cc1ncnn1C)C1CCC(=O)CC1. The highest BCUT2D eigenvalue weighted by Crippen LogP contribution is 2.20. The molecule has 1 heterocycles. The number of Topliss-reactive ketones (excluding diaryl/α,β-unsaturated/α-hetero) is 1. The third kappa shape index (κ3) is 2.47. The minimum Gasteiger partial charge on any atom is -0.300 e. The highest BCUT2D eigenvalue weighted by molar-refractivity contribution is 5.79. The van der Waals surface area contributed by atoms with E-state index in [0.29, 0.717) is 11.8 Å². The van der Waals surface area contributed by atoms with E-state index in [-0.39, 0.29) is 0 Å². The Hall–Kier alpha value is -1.23. The van der Waals surface area contributed by atoms with E-state index in [9.17, 15) is 4.79 Å². The Kier molecular flexibility index (Phi) is 3.33. The molecule has 0 radical (unpaired) electrons. The van der Waals surface area contributed by atoms with Gasteiger partial charge in [0.2, 0.25) is 0 Å². The molecule has 0 bridgehead atoms. The van der Waals surface area contributed by atoms with Crippen molar-refractivity contribution in [1.82, 2.24) is 19.7 Å². The lowest BCUT2D eigenvalue weighted by Gasteiger charge is -2.30. The number of carbonyl (C=O) groups excluding carboxylic acids is 1. The van der Waals surface area contributed by atoms with E-state index in [2.05, 4.69) is 22.0 Å². The molecule has 5 nitrogen and oxygen atoms in total. The zero-order valence-electron chi connectivity index (χ0n) is 9.89. The van der Waals surface area contributed by atoms with Crippen molar-refractivity contribution in [2.45, 2.75) is 38.3 Å². The van der Waals surface area contributed by atoms with Crippen molar-refractivity contribution in [2.24, 2.45) is 7.05 Å². The lowest BCUT2D eigenvalue weighted by atomic mass is 9.93. The first-order valence-electron chi connectivity index (χ1n) is 5.71.